The molecule has 1 atom stereocenters. The zero-order valence-electron chi connectivity index (χ0n) is 21.7. The van der Waals surface area contributed by atoms with Crippen molar-refractivity contribution in [3.63, 3.8) is 0 Å². The maximum atomic E-state index is 12.4. The number of ether oxygens (including phenoxy) is 2. The number of rotatable bonds is 9. The quantitative estimate of drug-likeness (QED) is 0.248. The third kappa shape index (κ3) is 6.01. The highest BCUT2D eigenvalue weighted by molar-refractivity contribution is 6.30. The van der Waals surface area contributed by atoms with Crippen LogP contribution in [-0.4, -0.2) is 46.5 Å². The molecule has 1 amide bonds. The van der Waals surface area contributed by atoms with Gasteiger partial charge in [0.15, 0.2) is 0 Å². The molecule has 39 heavy (non-hydrogen) atoms. The number of hydrogen-bond donors (Lipinski definition) is 1. The molecule has 8 nitrogen and oxygen atoms in total. The Morgan fingerprint density at radius 3 is 2.79 bits per heavy atom. The molecule has 1 unspecified atom stereocenters. The summed E-state index contributed by atoms with van der Waals surface area (Å²) in [7, 11) is 0. The number of esters is 1. The number of carboxylic acid groups (broad SMARTS) is 1. The van der Waals surface area contributed by atoms with Crippen molar-refractivity contribution < 1.29 is 24.2 Å². The second-order valence-corrected chi connectivity index (χ2v) is 9.88. The standard InChI is InChI=1S/C30H30ClN3O5/c1-2-38-28(35)19-27(21-5-3-7-23(31)17-21)33-15-12-22-18-25(10-11-26(22)33)39-16-13-24-9-8-20-6-4-14-34(30(36)37)29(20)32-24/h3,5,7-12,15,17-18,27H,2,4,6,13-14,16,19H2,1H3,(H,36,37). The van der Waals surface area contributed by atoms with Crippen molar-refractivity contribution >= 4 is 40.4 Å². The maximum absolute atomic E-state index is 12.4. The Labute approximate surface area is 231 Å². The van der Waals surface area contributed by atoms with Crippen LogP contribution in [0.15, 0.2) is 66.9 Å². The van der Waals surface area contributed by atoms with E-state index in [0.717, 1.165) is 46.3 Å². The van der Waals surface area contributed by atoms with Gasteiger partial charge in [-0.3, -0.25) is 9.69 Å². The fraction of sp³-hybridized carbons (Fsp3) is 0.300. The number of fused-ring (bicyclic) bond motifs is 2. The molecule has 0 saturated carbocycles. The van der Waals surface area contributed by atoms with E-state index in [4.69, 9.17) is 21.1 Å². The summed E-state index contributed by atoms with van der Waals surface area (Å²) in [5.74, 6) is 0.979. The third-order valence-corrected chi connectivity index (χ3v) is 7.12. The number of carbonyl (C=O) groups excluding carboxylic acids is 1. The summed E-state index contributed by atoms with van der Waals surface area (Å²) in [4.78, 5) is 29.9. The number of aromatic nitrogens is 2. The average Bonchev–Trinajstić information content (AvgIpc) is 3.34. The van der Waals surface area contributed by atoms with Gasteiger partial charge in [0.05, 0.1) is 25.7 Å². The summed E-state index contributed by atoms with van der Waals surface area (Å²) < 4.78 is 13.3. The molecule has 1 aliphatic rings. The van der Waals surface area contributed by atoms with Crippen LogP contribution in [0.1, 0.15) is 42.6 Å². The van der Waals surface area contributed by atoms with E-state index in [9.17, 15) is 14.7 Å². The zero-order chi connectivity index (χ0) is 27.4. The summed E-state index contributed by atoms with van der Waals surface area (Å²) in [6, 6.07) is 19.0. The van der Waals surface area contributed by atoms with Gasteiger partial charge < -0.3 is 19.1 Å². The Bertz CT molecular complexity index is 1500. The first kappa shape index (κ1) is 26.6. The van der Waals surface area contributed by atoms with Gasteiger partial charge in [-0.05, 0) is 73.4 Å². The first-order valence-electron chi connectivity index (χ1n) is 13.1. The number of aryl methyl sites for hydroxylation is 1. The number of hydrogen-bond acceptors (Lipinski definition) is 5. The predicted molar refractivity (Wildman–Crippen MR) is 150 cm³/mol. The van der Waals surface area contributed by atoms with Crippen LogP contribution in [0, 0.1) is 0 Å². The molecular weight excluding hydrogens is 518 g/mol. The lowest BCUT2D eigenvalue weighted by molar-refractivity contribution is -0.143. The van der Waals surface area contributed by atoms with Crippen molar-refractivity contribution in [1.82, 2.24) is 9.55 Å². The van der Waals surface area contributed by atoms with Gasteiger partial charge in [-0.1, -0.05) is 29.8 Å². The van der Waals surface area contributed by atoms with E-state index in [1.807, 2.05) is 66.9 Å². The second kappa shape index (κ2) is 11.8. The molecule has 2 aromatic carbocycles. The molecule has 0 spiro atoms. The lowest BCUT2D eigenvalue weighted by atomic mass is 10.0. The van der Waals surface area contributed by atoms with Crippen molar-refractivity contribution in [3.05, 3.63) is 88.7 Å². The van der Waals surface area contributed by atoms with Gasteiger partial charge in [0.1, 0.15) is 11.6 Å². The number of amides is 1. The Morgan fingerprint density at radius 2 is 2.00 bits per heavy atom. The van der Waals surface area contributed by atoms with Crippen molar-refractivity contribution in [3.8, 4) is 5.75 Å². The Kier molecular flexibility index (Phi) is 8.02. The Hall–Kier alpha value is -4.04. The molecule has 2 aromatic heterocycles. The van der Waals surface area contributed by atoms with Crippen LogP contribution in [0.4, 0.5) is 10.6 Å². The molecule has 1 N–H and O–H groups in total. The number of carbonyl (C=O) groups is 2. The fourth-order valence-corrected chi connectivity index (χ4v) is 5.25. The van der Waals surface area contributed by atoms with Gasteiger partial charge in [0.2, 0.25) is 0 Å². The molecule has 0 bridgehead atoms. The summed E-state index contributed by atoms with van der Waals surface area (Å²) in [6.07, 6.45) is 3.36. The molecule has 3 heterocycles. The van der Waals surface area contributed by atoms with Crippen LogP contribution in [0.5, 0.6) is 5.75 Å². The minimum Gasteiger partial charge on any atom is -0.493 e. The van der Waals surface area contributed by atoms with Gasteiger partial charge in [-0.25, -0.2) is 9.78 Å². The van der Waals surface area contributed by atoms with E-state index in [1.54, 1.807) is 6.92 Å². The van der Waals surface area contributed by atoms with E-state index in [0.29, 0.717) is 37.0 Å². The van der Waals surface area contributed by atoms with Crippen molar-refractivity contribution in [2.45, 2.75) is 38.6 Å². The number of anilines is 1. The van der Waals surface area contributed by atoms with Gasteiger partial charge in [-0.15, -0.1) is 0 Å². The smallest absolute Gasteiger partial charge is 0.413 e. The number of halogens is 1. The molecule has 0 saturated heterocycles. The molecule has 4 aromatic rings. The van der Waals surface area contributed by atoms with Gasteiger partial charge in [0.25, 0.3) is 0 Å². The molecule has 202 valence electrons. The number of benzene rings is 2. The molecule has 9 heteroatoms. The van der Waals surface area contributed by atoms with Crippen molar-refractivity contribution in [2.75, 3.05) is 24.7 Å². The van der Waals surface area contributed by atoms with E-state index in [1.165, 1.54) is 4.90 Å². The van der Waals surface area contributed by atoms with Gasteiger partial charge in [0, 0.05) is 40.8 Å². The predicted octanol–water partition coefficient (Wildman–Crippen LogP) is 6.28. The minimum absolute atomic E-state index is 0.184. The van der Waals surface area contributed by atoms with E-state index in [2.05, 4.69) is 9.55 Å². The first-order valence-corrected chi connectivity index (χ1v) is 13.4. The van der Waals surface area contributed by atoms with Crippen LogP contribution in [0.2, 0.25) is 5.02 Å². The van der Waals surface area contributed by atoms with Crippen molar-refractivity contribution in [1.29, 1.82) is 0 Å². The van der Waals surface area contributed by atoms with Crippen LogP contribution in [-0.2, 0) is 22.4 Å². The zero-order valence-corrected chi connectivity index (χ0v) is 22.4. The van der Waals surface area contributed by atoms with Crippen molar-refractivity contribution in [2.24, 2.45) is 0 Å². The highest BCUT2D eigenvalue weighted by Gasteiger charge is 2.24. The Morgan fingerprint density at radius 1 is 1.13 bits per heavy atom. The molecule has 0 radical (unpaired) electrons. The SMILES string of the molecule is CCOC(=O)CC(c1cccc(Cl)c1)n1ccc2cc(OCCc3ccc4c(n3)N(C(=O)O)CCC4)ccc21. The number of nitrogens with zero attached hydrogens (tertiary/aromatic N) is 3. The lowest BCUT2D eigenvalue weighted by Crippen LogP contribution is -2.35. The number of pyridine rings is 1. The monoisotopic (exact) mass is 547 g/mol. The van der Waals surface area contributed by atoms with Crippen LogP contribution in [0.25, 0.3) is 10.9 Å². The van der Waals surface area contributed by atoms with Crippen LogP contribution < -0.4 is 9.64 Å². The molecule has 0 aliphatic carbocycles. The summed E-state index contributed by atoms with van der Waals surface area (Å²) in [6.45, 7) is 2.99. The summed E-state index contributed by atoms with van der Waals surface area (Å²) in [5.41, 5.74) is 3.63. The van der Waals surface area contributed by atoms with E-state index in [-0.39, 0.29) is 18.4 Å². The van der Waals surface area contributed by atoms with Crippen LogP contribution >= 0.6 is 11.6 Å². The van der Waals surface area contributed by atoms with E-state index >= 15 is 0 Å². The van der Waals surface area contributed by atoms with Gasteiger partial charge >= 0.3 is 12.1 Å². The third-order valence-electron chi connectivity index (χ3n) is 6.88. The molecular formula is C30H30ClN3O5. The topological polar surface area (TPSA) is 93.9 Å². The van der Waals surface area contributed by atoms with Crippen LogP contribution in [0.3, 0.4) is 0 Å². The average molecular weight is 548 g/mol. The largest absolute Gasteiger partial charge is 0.493 e. The Balaban J connectivity index is 1.31. The van der Waals surface area contributed by atoms with E-state index < -0.39 is 6.09 Å². The van der Waals surface area contributed by atoms with Gasteiger partial charge in [-0.2, -0.15) is 0 Å². The highest BCUT2D eigenvalue weighted by Crippen LogP contribution is 2.31. The maximum Gasteiger partial charge on any atom is 0.413 e. The normalized spacial score (nSPS) is 13.6. The summed E-state index contributed by atoms with van der Waals surface area (Å²) in [5, 5.41) is 11.1. The lowest BCUT2D eigenvalue weighted by Gasteiger charge is -2.26. The highest BCUT2D eigenvalue weighted by atomic mass is 35.5. The molecule has 5 rings (SSSR count). The second-order valence-electron chi connectivity index (χ2n) is 9.45. The molecule has 1 aliphatic heterocycles. The minimum atomic E-state index is -0.975. The first-order chi connectivity index (χ1) is 18.9. The molecule has 0 fully saturated rings. The summed E-state index contributed by atoms with van der Waals surface area (Å²) >= 11 is 6.26. The fourth-order valence-electron chi connectivity index (χ4n) is 5.05.